The van der Waals surface area contributed by atoms with Gasteiger partial charge in [0.15, 0.2) is 0 Å². The average Bonchev–Trinajstić information content (AvgIpc) is 2.99. The fraction of sp³-hybridized carbons (Fsp3) is 0.167. The normalized spacial score (nSPS) is 10.5. The van der Waals surface area contributed by atoms with Crippen molar-refractivity contribution in [3.8, 4) is 5.75 Å². The first-order valence-electron chi connectivity index (χ1n) is 7.26. The third kappa shape index (κ3) is 3.28. The summed E-state index contributed by atoms with van der Waals surface area (Å²) in [4.78, 5) is 15.1. The van der Waals surface area contributed by atoms with E-state index in [1.54, 1.807) is 6.20 Å². The lowest BCUT2D eigenvalue weighted by atomic mass is 10.2. The number of aromatic nitrogens is 1. The number of aromatic amines is 1. The average molecular weight is 295 g/mol. The Labute approximate surface area is 128 Å². The monoisotopic (exact) mass is 295 g/mol. The molecule has 0 aliphatic carbocycles. The Morgan fingerprint density at radius 1 is 0.955 bits per heavy atom. The molecule has 1 heterocycles. The lowest BCUT2D eigenvalue weighted by Crippen LogP contribution is -2.09. The molecule has 0 bridgehead atoms. The fourth-order valence-electron chi connectivity index (χ4n) is 2.25. The summed E-state index contributed by atoms with van der Waals surface area (Å²) in [7, 11) is 0. The largest absolute Gasteiger partial charge is 0.493 e. The molecule has 0 fully saturated rings. The zero-order chi connectivity index (χ0) is 15.2. The first kappa shape index (κ1) is 14.2. The van der Waals surface area contributed by atoms with Crippen LogP contribution in [0, 0.1) is 0 Å². The van der Waals surface area contributed by atoms with Crippen LogP contribution in [0.1, 0.15) is 16.8 Å². The van der Waals surface area contributed by atoms with Gasteiger partial charge >= 0.3 is 5.97 Å². The SMILES string of the molecule is O=C(OCCCOc1ccccc1)c1c[nH]c2ccccc12. The number of para-hydroxylation sites is 2. The number of carbonyl (C=O) groups is 1. The predicted octanol–water partition coefficient (Wildman–Crippen LogP) is 3.79. The summed E-state index contributed by atoms with van der Waals surface area (Å²) < 4.78 is 10.8. The van der Waals surface area contributed by atoms with Crippen LogP contribution in [-0.2, 0) is 4.74 Å². The quantitative estimate of drug-likeness (QED) is 0.556. The highest BCUT2D eigenvalue weighted by molar-refractivity contribution is 6.03. The van der Waals surface area contributed by atoms with Crippen LogP contribution in [0.3, 0.4) is 0 Å². The molecule has 0 saturated carbocycles. The smallest absolute Gasteiger partial charge is 0.340 e. The van der Waals surface area contributed by atoms with E-state index in [0.717, 1.165) is 16.7 Å². The molecular formula is C18H17NO3. The molecule has 2 aromatic carbocycles. The van der Waals surface area contributed by atoms with E-state index in [1.807, 2.05) is 54.6 Å². The molecule has 22 heavy (non-hydrogen) atoms. The van der Waals surface area contributed by atoms with Crippen LogP contribution < -0.4 is 4.74 Å². The molecule has 0 saturated heterocycles. The molecule has 4 nitrogen and oxygen atoms in total. The first-order chi connectivity index (χ1) is 10.8. The molecule has 1 aromatic heterocycles. The van der Waals surface area contributed by atoms with Crippen molar-refractivity contribution in [1.29, 1.82) is 0 Å². The second kappa shape index (κ2) is 6.80. The zero-order valence-electron chi connectivity index (χ0n) is 12.1. The first-order valence-corrected chi connectivity index (χ1v) is 7.26. The third-order valence-corrected chi connectivity index (χ3v) is 3.34. The van der Waals surface area contributed by atoms with Gasteiger partial charge in [0.2, 0.25) is 0 Å². The molecule has 0 atom stereocenters. The summed E-state index contributed by atoms with van der Waals surface area (Å²) in [5.41, 5.74) is 1.50. The maximum Gasteiger partial charge on any atom is 0.340 e. The predicted molar refractivity (Wildman–Crippen MR) is 85.1 cm³/mol. The zero-order valence-corrected chi connectivity index (χ0v) is 12.1. The topological polar surface area (TPSA) is 51.3 Å². The van der Waals surface area contributed by atoms with Gasteiger partial charge in [0.25, 0.3) is 0 Å². The van der Waals surface area contributed by atoms with Crippen LogP contribution in [0.2, 0.25) is 0 Å². The number of rotatable bonds is 6. The van der Waals surface area contributed by atoms with Crippen molar-refractivity contribution >= 4 is 16.9 Å². The van der Waals surface area contributed by atoms with Gasteiger partial charge in [-0.1, -0.05) is 36.4 Å². The Morgan fingerprint density at radius 3 is 2.59 bits per heavy atom. The van der Waals surface area contributed by atoms with Crippen molar-refractivity contribution < 1.29 is 14.3 Å². The number of hydrogen-bond acceptors (Lipinski definition) is 3. The summed E-state index contributed by atoms with van der Waals surface area (Å²) in [5, 5.41) is 0.882. The van der Waals surface area contributed by atoms with Crippen LogP contribution >= 0.6 is 0 Å². The fourth-order valence-corrected chi connectivity index (χ4v) is 2.25. The Kier molecular flexibility index (Phi) is 4.39. The molecule has 4 heteroatoms. The molecule has 0 spiro atoms. The third-order valence-electron chi connectivity index (χ3n) is 3.34. The van der Waals surface area contributed by atoms with Crippen LogP contribution in [0.4, 0.5) is 0 Å². The number of benzene rings is 2. The van der Waals surface area contributed by atoms with Crippen LogP contribution in [0.15, 0.2) is 60.8 Å². The number of carbonyl (C=O) groups excluding carboxylic acids is 1. The summed E-state index contributed by atoms with van der Waals surface area (Å²) in [6, 6.07) is 17.3. The van der Waals surface area contributed by atoms with Crippen molar-refractivity contribution in [2.75, 3.05) is 13.2 Å². The molecule has 112 valence electrons. The Bertz CT molecular complexity index is 749. The van der Waals surface area contributed by atoms with Gasteiger partial charge < -0.3 is 14.5 Å². The van der Waals surface area contributed by atoms with Gasteiger partial charge in [-0.3, -0.25) is 0 Å². The highest BCUT2D eigenvalue weighted by Crippen LogP contribution is 2.18. The minimum atomic E-state index is -0.308. The van der Waals surface area contributed by atoms with Crippen molar-refractivity contribution in [1.82, 2.24) is 4.98 Å². The Hall–Kier alpha value is -2.75. The van der Waals surface area contributed by atoms with Gasteiger partial charge in [0, 0.05) is 23.5 Å². The number of esters is 1. The number of ether oxygens (including phenoxy) is 2. The van der Waals surface area contributed by atoms with Crippen LogP contribution in [0.25, 0.3) is 10.9 Å². The highest BCUT2D eigenvalue weighted by atomic mass is 16.5. The Morgan fingerprint density at radius 2 is 1.73 bits per heavy atom. The maximum absolute atomic E-state index is 12.1. The van der Waals surface area contributed by atoms with Crippen LogP contribution in [-0.4, -0.2) is 24.2 Å². The number of hydrogen-bond donors (Lipinski definition) is 1. The number of fused-ring (bicyclic) bond motifs is 1. The number of H-pyrrole nitrogens is 1. The highest BCUT2D eigenvalue weighted by Gasteiger charge is 2.12. The van der Waals surface area contributed by atoms with Crippen molar-refractivity contribution in [2.45, 2.75) is 6.42 Å². The summed E-state index contributed by atoms with van der Waals surface area (Å²) in [6.07, 6.45) is 2.34. The standard InChI is InChI=1S/C18H17NO3/c20-18(16-13-19-17-10-5-4-9-15(16)17)22-12-6-11-21-14-7-2-1-3-8-14/h1-5,7-10,13,19H,6,11-12H2. The number of nitrogens with one attached hydrogen (secondary N) is 1. The minimum absolute atomic E-state index is 0.308. The van der Waals surface area contributed by atoms with Gasteiger partial charge in [-0.2, -0.15) is 0 Å². The molecule has 3 rings (SSSR count). The van der Waals surface area contributed by atoms with Gasteiger partial charge in [0.05, 0.1) is 18.8 Å². The molecule has 1 N–H and O–H groups in total. The molecule has 0 amide bonds. The molecule has 0 unspecified atom stereocenters. The van der Waals surface area contributed by atoms with Gasteiger partial charge in [0.1, 0.15) is 5.75 Å². The van der Waals surface area contributed by atoms with Crippen LogP contribution in [0.5, 0.6) is 5.75 Å². The van der Waals surface area contributed by atoms with E-state index in [-0.39, 0.29) is 5.97 Å². The van der Waals surface area contributed by atoms with Crippen molar-refractivity contribution in [3.63, 3.8) is 0 Å². The van der Waals surface area contributed by atoms with Crippen molar-refractivity contribution in [2.24, 2.45) is 0 Å². The van der Waals surface area contributed by atoms with E-state index in [2.05, 4.69) is 4.98 Å². The van der Waals surface area contributed by atoms with Crippen molar-refractivity contribution in [3.05, 3.63) is 66.4 Å². The van der Waals surface area contributed by atoms with Gasteiger partial charge in [-0.15, -0.1) is 0 Å². The van der Waals surface area contributed by atoms with E-state index in [9.17, 15) is 4.79 Å². The minimum Gasteiger partial charge on any atom is -0.493 e. The molecule has 3 aromatic rings. The Balaban J connectivity index is 1.47. The second-order valence-corrected chi connectivity index (χ2v) is 4.90. The van der Waals surface area contributed by atoms with E-state index >= 15 is 0 Å². The summed E-state index contributed by atoms with van der Waals surface area (Å²) in [6.45, 7) is 0.857. The lowest BCUT2D eigenvalue weighted by molar-refractivity contribution is 0.0488. The van der Waals surface area contributed by atoms with Gasteiger partial charge in [-0.25, -0.2) is 4.79 Å². The van der Waals surface area contributed by atoms with E-state index in [4.69, 9.17) is 9.47 Å². The van der Waals surface area contributed by atoms with E-state index in [1.165, 1.54) is 0 Å². The lowest BCUT2D eigenvalue weighted by Gasteiger charge is -2.06. The summed E-state index contributed by atoms with van der Waals surface area (Å²) >= 11 is 0. The molecule has 0 aliphatic heterocycles. The van der Waals surface area contributed by atoms with Gasteiger partial charge in [-0.05, 0) is 18.2 Å². The molecule has 0 radical (unpaired) electrons. The van der Waals surface area contributed by atoms with E-state index < -0.39 is 0 Å². The van der Waals surface area contributed by atoms with E-state index in [0.29, 0.717) is 25.2 Å². The second-order valence-electron chi connectivity index (χ2n) is 4.90. The maximum atomic E-state index is 12.1. The summed E-state index contributed by atoms with van der Waals surface area (Å²) in [5.74, 6) is 0.516. The molecule has 0 aliphatic rings. The molecular weight excluding hydrogens is 278 g/mol.